The quantitative estimate of drug-likeness (QED) is 0.730. The van der Waals surface area contributed by atoms with Crippen molar-refractivity contribution in [1.29, 1.82) is 0 Å². The molecule has 15 heavy (non-hydrogen) atoms. The van der Waals surface area contributed by atoms with E-state index in [1.54, 1.807) is 23.0 Å². The molecule has 76 valence electrons. The van der Waals surface area contributed by atoms with Gasteiger partial charge < -0.3 is 0 Å². The van der Waals surface area contributed by atoms with Crippen LogP contribution in [0.4, 0.5) is 0 Å². The molecule has 2 aromatic rings. The van der Waals surface area contributed by atoms with Gasteiger partial charge in [-0.15, -0.1) is 0 Å². The van der Waals surface area contributed by atoms with Crippen LogP contribution in [-0.2, 0) is 0 Å². The fourth-order valence-electron chi connectivity index (χ4n) is 1.37. The van der Waals surface area contributed by atoms with Gasteiger partial charge in [-0.3, -0.25) is 4.79 Å². The second kappa shape index (κ2) is 3.87. The Morgan fingerprint density at radius 2 is 2.00 bits per heavy atom. The molecule has 0 N–H and O–H groups in total. The highest BCUT2D eigenvalue weighted by Gasteiger charge is 2.07. The molecule has 0 fully saturated rings. The van der Waals surface area contributed by atoms with E-state index in [-0.39, 0.29) is 0 Å². The molecule has 0 atom stereocenters. The van der Waals surface area contributed by atoms with Crippen LogP contribution in [-0.4, -0.2) is 16.1 Å². The van der Waals surface area contributed by atoms with E-state index >= 15 is 0 Å². The highest BCUT2D eigenvalue weighted by Crippen LogP contribution is 2.15. The molecule has 0 unspecified atom stereocenters. The van der Waals surface area contributed by atoms with Crippen LogP contribution in [0, 0.1) is 6.92 Å². The average Bonchev–Trinajstić information content (AvgIpc) is 2.61. The van der Waals surface area contributed by atoms with Crippen LogP contribution in [0.25, 0.3) is 5.69 Å². The molecule has 0 radical (unpaired) electrons. The number of hydrogen-bond donors (Lipinski definition) is 0. The van der Waals surface area contributed by atoms with E-state index in [0.29, 0.717) is 10.7 Å². The van der Waals surface area contributed by atoms with E-state index in [1.807, 2.05) is 19.1 Å². The first-order valence-electron chi connectivity index (χ1n) is 4.48. The number of carbonyl (C=O) groups excluding carboxylic acids is 1. The Morgan fingerprint density at radius 3 is 2.60 bits per heavy atom. The molecule has 0 spiro atoms. The predicted molar refractivity (Wildman–Crippen MR) is 58.7 cm³/mol. The maximum absolute atomic E-state index is 10.9. The number of halogens is 1. The smallest absolute Gasteiger partial charge is 0.168 e. The maximum atomic E-state index is 10.9. The summed E-state index contributed by atoms with van der Waals surface area (Å²) in [5.41, 5.74) is 2.26. The first kappa shape index (κ1) is 9.93. The Kier molecular flexibility index (Phi) is 2.56. The lowest BCUT2D eigenvalue weighted by Gasteiger charge is -2.03. The largest absolute Gasteiger partial charge is 0.296 e. The molecule has 0 aliphatic carbocycles. The first-order valence-corrected chi connectivity index (χ1v) is 4.86. The number of aryl methyl sites for hydroxylation is 1. The summed E-state index contributed by atoms with van der Waals surface area (Å²) >= 11 is 5.78. The highest BCUT2D eigenvalue weighted by atomic mass is 35.5. The average molecular weight is 221 g/mol. The molecule has 0 saturated heterocycles. The molecular formula is C11H9ClN2O. The molecule has 0 aliphatic rings. The minimum atomic E-state index is 0.567. The van der Waals surface area contributed by atoms with E-state index < -0.39 is 0 Å². The molecule has 1 heterocycles. The van der Waals surface area contributed by atoms with E-state index in [9.17, 15) is 4.79 Å². The number of nitrogens with zero attached hydrogens (tertiary/aromatic N) is 2. The van der Waals surface area contributed by atoms with Gasteiger partial charge in [-0.05, 0) is 36.8 Å². The minimum absolute atomic E-state index is 0.567. The van der Waals surface area contributed by atoms with Crippen molar-refractivity contribution in [3.8, 4) is 5.69 Å². The van der Waals surface area contributed by atoms with Gasteiger partial charge in [-0.2, -0.15) is 5.10 Å². The molecular weight excluding hydrogens is 212 g/mol. The van der Waals surface area contributed by atoms with Gasteiger partial charge in [0.1, 0.15) is 5.69 Å². The Bertz CT molecular complexity index is 488. The van der Waals surface area contributed by atoms with Gasteiger partial charge in [-0.25, -0.2) is 4.68 Å². The third-order valence-electron chi connectivity index (χ3n) is 2.18. The maximum Gasteiger partial charge on any atom is 0.168 e. The molecule has 0 aliphatic heterocycles. The summed E-state index contributed by atoms with van der Waals surface area (Å²) in [4.78, 5) is 10.9. The van der Waals surface area contributed by atoms with Crippen LogP contribution in [0.5, 0.6) is 0 Å². The summed E-state index contributed by atoms with van der Waals surface area (Å²) < 4.78 is 1.60. The van der Waals surface area contributed by atoms with Crippen LogP contribution in [0.2, 0.25) is 5.02 Å². The Balaban J connectivity index is 2.53. The normalized spacial score (nSPS) is 10.3. The molecule has 2 rings (SSSR count). The Labute approximate surface area is 92.3 Å². The fraction of sp³-hybridized carbons (Fsp3) is 0.0909. The van der Waals surface area contributed by atoms with Gasteiger partial charge in [-0.1, -0.05) is 11.6 Å². The van der Waals surface area contributed by atoms with Crippen molar-refractivity contribution in [2.75, 3.05) is 0 Å². The van der Waals surface area contributed by atoms with Crippen molar-refractivity contribution in [3.63, 3.8) is 0 Å². The van der Waals surface area contributed by atoms with Crippen molar-refractivity contribution in [1.82, 2.24) is 9.78 Å². The van der Waals surface area contributed by atoms with Gasteiger partial charge in [0.25, 0.3) is 0 Å². The van der Waals surface area contributed by atoms with Crippen molar-refractivity contribution in [2.45, 2.75) is 6.92 Å². The number of rotatable bonds is 2. The topological polar surface area (TPSA) is 34.9 Å². The van der Waals surface area contributed by atoms with Crippen LogP contribution in [0.15, 0.2) is 30.5 Å². The molecule has 0 bridgehead atoms. The van der Waals surface area contributed by atoms with Crippen LogP contribution in [0.3, 0.4) is 0 Å². The monoisotopic (exact) mass is 220 g/mol. The molecule has 4 heteroatoms. The van der Waals surface area contributed by atoms with Gasteiger partial charge in [0.15, 0.2) is 6.29 Å². The van der Waals surface area contributed by atoms with Crippen molar-refractivity contribution < 1.29 is 4.79 Å². The van der Waals surface area contributed by atoms with Crippen LogP contribution >= 0.6 is 11.6 Å². The lowest BCUT2D eigenvalue weighted by atomic mass is 10.2. The minimum Gasteiger partial charge on any atom is -0.296 e. The standard InChI is InChI=1S/C11H9ClN2O/c1-8-6-13-14(11(8)7-15)10-4-2-9(12)3-5-10/h2-7H,1H3. The zero-order chi connectivity index (χ0) is 10.8. The summed E-state index contributed by atoms with van der Waals surface area (Å²) in [6.07, 6.45) is 2.47. The van der Waals surface area contributed by atoms with Crippen molar-refractivity contribution in [2.24, 2.45) is 0 Å². The van der Waals surface area contributed by atoms with Gasteiger partial charge >= 0.3 is 0 Å². The molecule has 0 amide bonds. The second-order valence-electron chi connectivity index (χ2n) is 3.22. The summed E-state index contributed by atoms with van der Waals surface area (Å²) in [7, 11) is 0. The SMILES string of the molecule is Cc1cnn(-c2ccc(Cl)cc2)c1C=O. The Morgan fingerprint density at radius 1 is 1.33 bits per heavy atom. The second-order valence-corrected chi connectivity index (χ2v) is 3.66. The van der Waals surface area contributed by atoms with Crippen LogP contribution in [0.1, 0.15) is 16.1 Å². The number of carbonyl (C=O) groups is 1. The van der Waals surface area contributed by atoms with Crippen LogP contribution < -0.4 is 0 Å². The van der Waals surface area contributed by atoms with E-state index in [2.05, 4.69) is 5.10 Å². The summed E-state index contributed by atoms with van der Waals surface area (Å²) in [6, 6.07) is 7.18. The zero-order valence-corrected chi connectivity index (χ0v) is 8.90. The summed E-state index contributed by atoms with van der Waals surface area (Å²) in [5, 5.41) is 4.79. The lowest BCUT2D eigenvalue weighted by molar-refractivity contribution is 0.111. The first-order chi connectivity index (χ1) is 7.22. The lowest BCUT2D eigenvalue weighted by Crippen LogP contribution is -2.01. The number of hydrogen-bond acceptors (Lipinski definition) is 2. The van der Waals surface area contributed by atoms with Gasteiger partial charge in [0, 0.05) is 5.02 Å². The zero-order valence-electron chi connectivity index (χ0n) is 8.14. The van der Waals surface area contributed by atoms with Gasteiger partial charge in [0.2, 0.25) is 0 Å². The van der Waals surface area contributed by atoms with Gasteiger partial charge in [0.05, 0.1) is 11.9 Å². The highest BCUT2D eigenvalue weighted by molar-refractivity contribution is 6.30. The summed E-state index contributed by atoms with van der Waals surface area (Å²) in [5.74, 6) is 0. The Hall–Kier alpha value is -1.61. The third-order valence-corrected chi connectivity index (χ3v) is 2.43. The summed E-state index contributed by atoms with van der Waals surface area (Å²) in [6.45, 7) is 1.85. The van der Waals surface area contributed by atoms with Crippen molar-refractivity contribution >= 4 is 17.9 Å². The van der Waals surface area contributed by atoms with E-state index in [1.165, 1.54) is 0 Å². The molecule has 1 aromatic carbocycles. The number of aldehydes is 1. The molecule has 0 saturated carbocycles. The van der Waals surface area contributed by atoms with E-state index in [4.69, 9.17) is 11.6 Å². The predicted octanol–water partition coefficient (Wildman–Crippen LogP) is 2.65. The molecule has 3 nitrogen and oxygen atoms in total. The fourth-order valence-corrected chi connectivity index (χ4v) is 1.50. The third kappa shape index (κ3) is 1.78. The number of aromatic nitrogens is 2. The molecule has 1 aromatic heterocycles. The van der Waals surface area contributed by atoms with E-state index in [0.717, 1.165) is 17.5 Å². The number of benzene rings is 1. The van der Waals surface area contributed by atoms with Crippen molar-refractivity contribution in [3.05, 3.63) is 46.7 Å².